The number of ether oxygens (including phenoxy) is 1. The van der Waals surface area contributed by atoms with Crippen molar-refractivity contribution in [3.63, 3.8) is 0 Å². The molecule has 1 aromatic rings. The number of fused-ring (bicyclic) bond motifs is 1. The van der Waals surface area contributed by atoms with E-state index in [1.54, 1.807) is 21.0 Å². The molecular weight excluding hydrogens is 403 g/mol. The van der Waals surface area contributed by atoms with Crippen molar-refractivity contribution in [2.45, 2.75) is 60.7 Å². The summed E-state index contributed by atoms with van der Waals surface area (Å²) in [7, 11) is 1.58. The summed E-state index contributed by atoms with van der Waals surface area (Å²) in [5.74, 6) is -1.16. The molecule has 1 aliphatic carbocycles. The second kappa shape index (κ2) is 7.80. The predicted octanol–water partition coefficient (Wildman–Crippen LogP) is -2.58. The number of carboxylic acid groups (broad SMARTS) is 1. The average Bonchev–Trinajstić information content (AvgIpc) is 2.87. The first kappa shape index (κ1) is 22.5. The first-order chi connectivity index (χ1) is 13.2. The van der Waals surface area contributed by atoms with Gasteiger partial charge in [-0.1, -0.05) is 24.6 Å². The zero-order valence-electron chi connectivity index (χ0n) is 17.1. The summed E-state index contributed by atoms with van der Waals surface area (Å²) < 4.78 is 4.78. The molecule has 3 unspecified atom stereocenters. The summed E-state index contributed by atoms with van der Waals surface area (Å²) in [6, 6.07) is 5.76. The van der Waals surface area contributed by atoms with Crippen LogP contribution in [0.1, 0.15) is 38.7 Å². The van der Waals surface area contributed by atoms with E-state index in [0.717, 1.165) is 12.0 Å². The minimum Gasteiger partial charge on any atom is -0.548 e. The molecule has 3 aliphatic rings. The fourth-order valence-corrected chi connectivity index (χ4v) is 6.22. The van der Waals surface area contributed by atoms with Crippen LogP contribution in [-0.4, -0.2) is 52.0 Å². The molecular formula is C20H23N2NaO5S. The molecule has 0 aromatic heterocycles. The Morgan fingerprint density at radius 2 is 1.93 bits per heavy atom. The molecule has 3 atom stereocenters. The molecule has 2 aliphatic heterocycles. The Hall–Kier alpha value is -1.22. The van der Waals surface area contributed by atoms with Gasteiger partial charge in [0.05, 0.1) is 24.5 Å². The first-order valence-electron chi connectivity index (χ1n) is 9.38. The molecule has 29 heavy (non-hydrogen) atoms. The molecule has 2 heterocycles. The van der Waals surface area contributed by atoms with Crippen molar-refractivity contribution in [3.8, 4) is 5.75 Å². The number of carbonyl (C=O) groups excluding carboxylic acids is 3. The van der Waals surface area contributed by atoms with E-state index in [0.29, 0.717) is 18.6 Å². The maximum atomic E-state index is 13.3. The topological polar surface area (TPSA) is 98.8 Å². The van der Waals surface area contributed by atoms with E-state index in [9.17, 15) is 19.5 Å². The van der Waals surface area contributed by atoms with Crippen LogP contribution < -0.4 is 44.7 Å². The number of thioether (sulfide) groups is 1. The fourth-order valence-electron chi connectivity index (χ4n) is 4.59. The van der Waals surface area contributed by atoms with Gasteiger partial charge < -0.3 is 24.9 Å². The van der Waals surface area contributed by atoms with Crippen molar-refractivity contribution in [2.24, 2.45) is 0 Å². The Morgan fingerprint density at radius 1 is 1.28 bits per heavy atom. The number of hydrogen-bond donors (Lipinski definition) is 1. The molecule has 9 heteroatoms. The smallest absolute Gasteiger partial charge is 0.548 e. The van der Waals surface area contributed by atoms with Gasteiger partial charge in [0.2, 0.25) is 11.8 Å². The number of β-lactam (4-membered cyclic amide) rings is 1. The van der Waals surface area contributed by atoms with Crippen molar-refractivity contribution in [1.29, 1.82) is 0 Å². The van der Waals surface area contributed by atoms with E-state index in [1.807, 2.05) is 24.3 Å². The second-order valence-corrected chi connectivity index (χ2v) is 9.94. The summed E-state index contributed by atoms with van der Waals surface area (Å²) in [6.45, 7) is 3.57. The number of carboxylic acids is 1. The number of carbonyl (C=O) groups is 3. The first-order valence-corrected chi connectivity index (χ1v) is 10.3. The van der Waals surface area contributed by atoms with Crippen LogP contribution in [0.2, 0.25) is 0 Å². The van der Waals surface area contributed by atoms with Crippen molar-refractivity contribution < 1.29 is 53.8 Å². The number of methoxy groups -OCH3 is 1. The fraction of sp³-hybridized carbons (Fsp3) is 0.550. The van der Waals surface area contributed by atoms with Crippen LogP contribution in [0.3, 0.4) is 0 Å². The molecule has 2 saturated heterocycles. The molecule has 0 radical (unpaired) electrons. The molecule has 1 N–H and O–H groups in total. The largest absolute Gasteiger partial charge is 1.00 e. The van der Waals surface area contributed by atoms with Gasteiger partial charge >= 0.3 is 29.6 Å². The number of nitrogens with zero attached hydrogens (tertiary/aromatic N) is 1. The number of aliphatic carboxylic acids is 1. The standard InChI is InChI=1S/C20H24N2O5S.Na/c1-19(2)14(17(24)25)22-15(23)13(16(22)28-19)21-18(26)20(9-6-10-20)11-7-4-5-8-12(11)27-3;/h4-5,7-8,13-14,16H,6,9-10H2,1-3H3,(H,21,26)(H,24,25);/q;+1/p-1. The normalized spacial score (nSPS) is 28.3. The molecule has 2 amide bonds. The van der Waals surface area contributed by atoms with Crippen LogP contribution >= 0.6 is 11.8 Å². The van der Waals surface area contributed by atoms with Crippen LogP contribution in [0, 0.1) is 0 Å². The minimum atomic E-state index is -1.26. The van der Waals surface area contributed by atoms with Crippen LogP contribution in [0.25, 0.3) is 0 Å². The monoisotopic (exact) mass is 426 g/mol. The summed E-state index contributed by atoms with van der Waals surface area (Å²) in [4.78, 5) is 38.8. The van der Waals surface area contributed by atoms with Crippen molar-refractivity contribution >= 4 is 29.5 Å². The van der Waals surface area contributed by atoms with E-state index < -0.39 is 28.2 Å². The Bertz CT molecular complexity index is 857. The SMILES string of the molecule is COc1ccccc1C1(C(=O)NC2C(=O)N3C2SC(C)(C)C3C(=O)[O-])CCC1.[Na+]. The molecule has 3 fully saturated rings. The molecule has 150 valence electrons. The van der Waals surface area contributed by atoms with Gasteiger partial charge in [-0.05, 0) is 32.8 Å². The Balaban J connectivity index is 0.00000240. The van der Waals surface area contributed by atoms with Crippen LogP contribution in [-0.2, 0) is 19.8 Å². The van der Waals surface area contributed by atoms with E-state index in [-0.39, 0.29) is 46.7 Å². The Labute approximate surface area is 196 Å². The van der Waals surface area contributed by atoms with E-state index >= 15 is 0 Å². The van der Waals surface area contributed by atoms with Gasteiger partial charge in [-0.2, -0.15) is 0 Å². The van der Waals surface area contributed by atoms with Gasteiger partial charge in [0, 0.05) is 10.3 Å². The summed E-state index contributed by atoms with van der Waals surface area (Å²) >= 11 is 1.39. The average molecular weight is 426 g/mol. The molecule has 4 rings (SSSR count). The van der Waals surface area contributed by atoms with E-state index in [1.165, 1.54) is 16.7 Å². The zero-order valence-corrected chi connectivity index (χ0v) is 19.9. The number of nitrogens with one attached hydrogen (secondary N) is 1. The quantitative estimate of drug-likeness (QED) is 0.410. The second-order valence-electron chi connectivity index (χ2n) is 8.17. The minimum absolute atomic E-state index is 0. The van der Waals surface area contributed by atoms with Crippen LogP contribution in [0.4, 0.5) is 0 Å². The van der Waals surface area contributed by atoms with Crippen LogP contribution in [0.5, 0.6) is 5.75 Å². The molecule has 1 saturated carbocycles. The van der Waals surface area contributed by atoms with Crippen molar-refractivity contribution in [2.75, 3.05) is 7.11 Å². The third-order valence-corrected chi connectivity index (χ3v) is 7.79. The van der Waals surface area contributed by atoms with Gasteiger partial charge in [0.15, 0.2) is 0 Å². The summed E-state index contributed by atoms with van der Waals surface area (Å²) in [5, 5.41) is 14.1. The third kappa shape index (κ3) is 3.28. The Kier molecular flexibility index (Phi) is 6.04. The number of benzene rings is 1. The summed E-state index contributed by atoms with van der Waals surface area (Å²) in [5.41, 5.74) is 0.122. The number of hydrogen-bond acceptors (Lipinski definition) is 6. The van der Waals surface area contributed by atoms with Crippen LogP contribution in [0.15, 0.2) is 24.3 Å². The van der Waals surface area contributed by atoms with E-state index in [2.05, 4.69) is 5.32 Å². The third-order valence-electron chi connectivity index (χ3n) is 6.22. The maximum Gasteiger partial charge on any atom is 1.00 e. The number of para-hydroxylation sites is 1. The molecule has 0 spiro atoms. The maximum absolute atomic E-state index is 13.3. The summed E-state index contributed by atoms with van der Waals surface area (Å²) in [6.07, 6.45) is 2.30. The van der Waals surface area contributed by atoms with Gasteiger partial charge in [-0.15, -0.1) is 11.8 Å². The number of amides is 2. The predicted molar refractivity (Wildman–Crippen MR) is 102 cm³/mol. The Morgan fingerprint density at radius 3 is 2.48 bits per heavy atom. The number of rotatable bonds is 5. The molecule has 0 bridgehead atoms. The zero-order chi connectivity index (χ0) is 20.3. The van der Waals surface area contributed by atoms with E-state index in [4.69, 9.17) is 4.74 Å². The molecule has 1 aromatic carbocycles. The van der Waals surface area contributed by atoms with Gasteiger partial charge in [-0.3, -0.25) is 9.59 Å². The van der Waals surface area contributed by atoms with Crippen molar-refractivity contribution in [1.82, 2.24) is 10.2 Å². The van der Waals surface area contributed by atoms with Gasteiger partial charge in [-0.25, -0.2) is 0 Å². The van der Waals surface area contributed by atoms with Gasteiger partial charge in [0.25, 0.3) is 0 Å². The van der Waals surface area contributed by atoms with Crippen molar-refractivity contribution in [3.05, 3.63) is 29.8 Å². The molecule has 7 nitrogen and oxygen atoms in total. The van der Waals surface area contributed by atoms with Gasteiger partial charge in [0.1, 0.15) is 17.2 Å².